The van der Waals surface area contributed by atoms with Gasteiger partial charge in [0.2, 0.25) is 0 Å². The van der Waals surface area contributed by atoms with E-state index in [1.165, 1.54) is 5.56 Å². The maximum atomic E-state index is 9.03. The lowest BCUT2D eigenvalue weighted by atomic mass is 10.2. The molecule has 0 heterocycles. The minimum Gasteiger partial charge on any atom is -1.00 e. The average molecular weight is 327 g/mol. The summed E-state index contributed by atoms with van der Waals surface area (Å²) >= 11 is 0. The van der Waals surface area contributed by atoms with Crippen LogP contribution in [0.3, 0.4) is 0 Å². The van der Waals surface area contributed by atoms with E-state index in [0.717, 1.165) is 17.2 Å². The summed E-state index contributed by atoms with van der Waals surface area (Å²) in [5.41, 5.74) is 1.32. The van der Waals surface area contributed by atoms with Gasteiger partial charge in [0, 0.05) is 5.56 Å². The van der Waals surface area contributed by atoms with Crippen LogP contribution in [-0.4, -0.2) is 32.3 Å². The van der Waals surface area contributed by atoms with Crippen LogP contribution in [0.5, 0.6) is 0 Å². The summed E-state index contributed by atoms with van der Waals surface area (Å²) in [7, 11) is 1.04. The van der Waals surface area contributed by atoms with E-state index < -0.39 is 8.07 Å². The number of hydrogen-bond donors (Lipinski definition) is 0. The molecule has 1 atom stereocenters. The van der Waals surface area contributed by atoms with Crippen molar-refractivity contribution in [3.63, 3.8) is 0 Å². The molecule has 0 saturated carbocycles. The number of rotatable bonds is 5. The molecular formula is C14H23BrN2Si. The number of nitrogens with zero attached hydrogens (tertiary/aromatic N) is 2. The van der Waals surface area contributed by atoms with Crippen molar-refractivity contribution in [2.45, 2.75) is 26.2 Å². The fourth-order valence-electron chi connectivity index (χ4n) is 2.51. The monoisotopic (exact) mass is 326 g/mol. The van der Waals surface area contributed by atoms with Crippen LogP contribution in [0.4, 0.5) is 0 Å². The zero-order valence-corrected chi connectivity index (χ0v) is 14.4. The molecule has 0 saturated heterocycles. The first kappa shape index (κ1) is 17.4. The molecule has 1 unspecified atom stereocenters. The van der Waals surface area contributed by atoms with Crippen molar-refractivity contribution in [2.24, 2.45) is 0 Å². The van der Waals surface area contributed by atoms with Crippen LogP contribution >= 0.6 is 0 Å². The van der Waals surface area contributed by atoms with E-state index in [1.54, 1.807) is 0 Å². The Labute approximate surface area is 123 Å². The molecule has 0 bridgehead atoms. The fourth-order valence-corrected chi connectivity index (χ4v) is 5.02. The highest BCUT2D eigenvalue weighted by Crippen LogP contribution is 2.16. The highest BCUT2D eigenvalue weighted by Gasteiger charge is 2.30. The molecular weight excluding hydrogens is 304 g/mol. The van der Waals surface area contributed by atoms with Crippen LogP contribution < -0.4 is 17.0 Å². The van der Waals surface area contributed by atoms with Gasteiger partial charge < -0.3 is 21.5 Å². The van der Waals surface area contributed by atoms with Crippen LogP contribution in [0.2, 0.25) is 19.6 Å². The Balaban J connectivity index is 0.00000289. The molecule has 0 spiro atoms. The second kappa shape index (κ2) is 7.08. The van der Waals surface area contributed by atoms with E-state index in [0.29, 0.717) is 6.54 Å². The highest BCUT2D eigenvalue weighted by atomic mass is 79.9. The molecule has 2 nitrogen and oxygen atoms in total. The van der Waals surface area contributed by atoms with Gasteiger partial charge in [-0.3, -0.25) is 0 Å². The van der Waals surface area contributed by atoms with Gasteiger partial charge in [-0.15, -0.1) is 0 Å². The predicted molar refractivity (Wildman–Crippen MR) is 75.0 cm³/mol. The van der Waals surface area contributed by atoms with Crippen molar-refractivity contribution in [2.75, 3.05) is 19.8 Å². The van der Waals surface area contributed by atoms with Crippen LogP contribution in [0, 0.1) is 11.3 Å². The smallest absolute Gasteiger partial charge is 0.166 e. The quantitative estimate of drug-likeness (QED) is 0.426. The largest absolute Gasteiger partial charge is 1.00 e. The molecule has 1 aromatic rings. The number of hydrogen-bond acceptors (Lipinski definition) is 1. The molecule has 0 aliphatic carbocycles. The lowest BCUT2D eigenvalue weighted by molar-refractivity contribution is -0.906. The van der Waals surface area contributed by atoms with Crippen molar-refractivity contribution in [3.8, 4) is 6.07 Å². The summed E-state index contributed by atoms with van der Waals surface area (Å²) in [5, 5.41) is 9.03. The van der Waals surface area contributed by atoms with Crippen molar-refractivity contribution in [1.82, 2.24) is 0 Å². The zero-order valence-electron chi connectivity index (χ0n) is 11.8. The molecule has 0 fully saturated rings. The van der Waals surface area contributed by atoms with Gasteiger partial charge in [0.1, 0.15) is 20.7 Å². The third kappa shape index (κ3) is 6.34. The first-order chi connectivity index (χ1) is 7.85. The molecule has 1 rings (SSSR count). The topological polar surface area (TPSA) is 23.8 Å². The van der Waals surface area contributed by atoms with Crippen molar-refractivity contribution >= 4 is 8.07 Å². The van der Waals surface area contributed by atoms with E-state index in [1.807, 2.05) is 6.07 Å². The first-order valence-electron chi connectivity index (χ1n) is 6.09. The van der Waals surface area contributed by atoms with Crippen LogP contribution in [0.15, 0.2) is 30.3 Å². The second-order valence-electron chi connectivity index (χ2n) is 6.30. The maximum absolute atomic E-state index is 9.03. The van der Waals surface area contributed by atoms with E-state index in [9.17, 15) is 0 Å². The van der Waals surface area contributed by atoms with Gasteiger partial charge in [0.05, 0.1) is 13.2 Å². The second-order valence-corrected chi connectivity index (χ2v) is 11.7. The fraction of sp³-hybridized carbons (Fsp3) is 0.500. The van der Waals surface area contributed by atoms with E-state index in [-0.39, 0.29) is 17.0 Å². The van der Waals surface area contributed by atoms with Gasteiger partial charge in [-0.2, -0.15) is 5.26 Å². The molecule has 4 heteroatoms. The standard InChI is InChI=1S/C14H23N2Si.BrH/c1-16(11-10-15,13-17(2,3)4)12-14-8-6-5-7-9-14;/h5-9H,11-13H2,1-4H3;1H/q+1;/p-1. The number of benzene rings is 1. The summed E-state index contributed by atoms with van der Waals surface area (Å²) in [6, 6.07) is 12.8. The van der Waals surface area contributed by atoms with Crippen molar-refractivity contribution < 1.29 is 21.5 Å². The van der Waals surface area contributed by atoms with Crippen LogP contribution in [0.1, 0.15) is 5.56 Å². The average Bonchev–Trinajstić information content (AvgIpc) is 2.15. The van der Waals surface area contributed by atoms with Crippen molar-refractivity contribution in [1.29, 1.82) is 5.26 Å². The molecule has 0 aromatic heterocycles. The van der Waals surface area contributed by atoms with Crippen LogP contribution in [0.25, 0.3) is 0 Å². The SMILES string of the molecule is C[N+](CC#N)(Cc1ccccc1)C[Si](C)(C)C.[Br-]. The number of quaternary nitrogens is 1. The van der Waals surface area contributed by atoms with Gasteiger partial charge in [-0.1, -0.05) is 50.0 Å². The van der Waals surface area contributed by atoms with Gasteiger partial charge in [0.25, 0.3) is 0 Å². The van der Waals surface area contributed by atoms with E-state index in [4.69, 9.17) is 5.26 Å². The van der Waals surface area contributed by atoms with E-state index >= 15 is 0 Å². The van der Waals surface area contributed by atoms with Gasteiger partial charge in [-0.05, 0) is 0 Å². The lowest BCUT2D eigenvalue weighted by Gasteiger charge is -2.36. The summed E-state index contributed by atoms with van der Waals surface area (Å²) in [6.45, 7) is 8.65. The molecule has 0 aliphatic rings. The molecule has 0 N–H and O–H groups in total. The summed E-state index contributed by atoms with van der Waals surface area (Å²) in [5.74, 6) is 0. The zero-order chi connectivity index (χ0) is 12.9. The third-order valence-electron chi connectivity index (χ3n) is 2.72. The maximum Gasteiger partial charge on any atom is 0.166 e. The summed E-state index contributed by atoms with van der Waals surface area (Å²) < 4.78 is 0.843. The normalized spacial score (nSPS) is 14.2. The molecule has 0 aliphatic heterocycles. The van der Waals surface area contributed by atoms with Crippen LogP contribution in [-0.2, 0) is 6.54 Å². The Morgan fingerprint density at radius 3 is 2.17 bits per heavy atom. The van der Waals surface area contributed by atoms with Crippen molar-refractivity contribution in [3.05, 3.63) is 35.9 Å². The Bertz CT molecular complexity index is 394. The summed E-state index contributed by atoms with van der Waals surface area (Å²) in [4.78, 5) is 0. The molecule has 1 aromatic carbocycles. The Morgan fingerprint density at radius 1 is 1.17 bits per heavy atom. The van der Waals surface area contributed by atoms with E-state index in [2.05, 4.69) is 57.0 Å². The predicted octanol–water partition coefficient (Wildman–Crippen LogP) is 0.0382. The highest BCUT2D eigenvalue weighted by molar-refractivity contribution is 6.75. The lowest BCUT2D eigenvalue weighted by Crippen LogP contribution is -3.00. The van der Waals surface area contributed by atoms with Gasteiger partial charge in [-0.25, -0.2) is 0 Å². The Hall–Kier alpha value is -0.633. The summed E-state index contributed by atoms with van der Waals surface area (Å²) in [6.07, 6.45) is 1.15. The van der Waals surface area contributed by atoms with Gasteiger partial charge >= 0.3 is 0 Å². The minimum absolute atomic E-state index is 0. The third-order valence-corrected chi connectivity index (χ3v) is 4.43. The Morgan fingerprint density at radius 2 is 1.72 bits per heavy atom. The first-order valence-corrected chi connectivity index (χ1v) is 9.80. The molecule has 0 amide bonds. The molecule has 0 radical (unpaired) electrons. The van der Waals surface area contributed by atoms with Gasteiger partial charge in [0.15, 0.2) is 6.54 Å². The number of halogens is 1. The minimum atomic E-state index is -1.16. The number of nitriles is 1. The molecule has 18 heavy (non-hydrogen) atoms. The molecule has 100 valence electrons. The Kier molecular flexibility index (Phi) is 6.83.